The van der Waals surface area contributed by atoms with Gasteiger partial charge in [-0.05, 0) is 0 Å². The van der Waals surface area contributed by atoms with Crippen molar-refractivity contribution in [2.24, 2.45) is 5.73 Å². The number of halogens is 1. The summed E-state index contributed by atoms with van der Waals surface area (Å²) in [4.78, 5) is 10.6. The molecule has 2 N–H and O–H groups in total. The third kappa shape index (κ3) is 2.42. The number of amides is 1. The molecule has 0 saturated carbocycles. The standard InChI is InChI=1S/C6H9N3OS.ClH/c1-3(2)5-8-9-6(11-5)4(7)10;/h3H,1-2H3,(H2,7,10);1H. The first kappa shape index (κ1) is 11.3. The number of nitrogens with two attached hydrogens (primary N) is 1. The predicted molar refractivity (Wildman–Crippen MR) is 49.8 cm³/mol. The van der Waals surface area contributed by atoms with Crippen molar-refractivity contribution in [3.8, 4) is 0 Å². The lowest BCUT2D eigenvalue weighted by atomic mass is 10.2. The van der Waals surface area contributed by atoms with Gasteiger partial charge in [0.05, 0.1) is 0 Å². The molecular weight excluding hydrogens is 198 g/mol. The molecule has 0 aliphatic heterocycles. The van der Waals surface area contributed by atoms with E-state index < -0.39 is 5.91 Å². The Morgan fingerprint density at radius 1 is 1.50 bits per heavy atom. The summed E-state index contributed by atoms with van der Waals surface area (Å²) in [5, 5.41) is 8.57. The summed E-state index contributed by atoms with van der Waals surface area (Å²) in [6, 6.07) is 0. The van der Waals surface area contributed by atoms with E-state index in [2.05, 4.69) is 10.2 Å². The van der Waals surface area contributed by atoms with Crippen LogP contribution in [0.2, 0.25) is 0 Å². The Morgan fingerprint density at radius 2 is 2.08 bits per heavy atom. The summed E-state index contributed by atoms with van der Waals surface area (Å²) in [6.07, 6.45) is 0. The quantitative estimate of drug-likeness (QED) is 0.792. The number of primary amides is 1. The van der Waals surface area contributed by atoms with Crippen molar-refractivity contribution in [2.75, 3.05) is 0 Å². The maximum atomic E-state index is 10.6. The van der Waals surface area contributed by atoms with Crippen LogP contribution in [0.1, 0.15) is 34.6 Å². The van der Waals surface area contributed by atoms with Crippen LogP contribution in [0.3, 0.4) is 0 Å². The third-order valence-electron chi connectivity index (χ3n) is 1.15. The lowest BCUT2D eigenvalue weighted by Crippen LogP contribution is -2.10. The minimum atomic E-state index is -0.505. The molecule has 0 aliphatic rings. The first-order chi connectivity index (χ1) is 5.11. The molecule has 0 unspecified atom stereocenters. The van der Waals surface area contributed by atoms with Crippen molar-refractivity contribution in [3.63, 3.8) is 0 Å². The number of nitrogens with zero attached hydrogens (tertiary/aromatic N) is 2. The van der Waals surface area contributed by atoms with Crippen LogP contribution in [0.4, 0.5) is 0 Å². The van der Waals surface area contributed by atoms with Crippen molar-refractivity contribution in [1.82, 2.24) is 10.2 Å². The normalized spacial score (nSPS) is 9.58. The zero-order chi connectivity index (χ0) is 8.43. The number of carbonyl (C=O) groups excluding carboxylic acids is 1. The Morgan fingerprint density at radius 3 is 2.33 bits per heavy atom. The summed E-state index contributed by atoms with van der Waals surface area (Å²) in [6.45, 7) is 3.98. The van der Waals surface area contributed by atoms with Gasteiger partial charge in [-0.25, -0.2) is 0 Å². The Kier molecular flexibility index (Phi) is 4.12. The second kappa shape index (κ2) is 4.37. The molecule has 0 aliphatic carbocycles. The first-order valence-electron chi connectivity index (χ1n) is 3.24. The van der Waals surface area contributed by atoms with Gasteiger partial charge in [-0.1, -0.05) is 25.2 Å². The molecule has 0 radical (unpaired) electrons. The Labute approximate surface area is 80.6 Å². The van der Waals surface area contributed by atoms with Crippen LogP contribution < -0.4 is 5.73 Å². The van der Waals surface area contributed by atoms with Gasteiger partial charge in [0.1, 0.15) is 5.01 Å². The van der Waals surface area contributed by atoms with Crippen LogP contribution in [0.15, 0.2) is 0 Å². The fourth-order valence-corrected chi connectivity index (χ4v) is 1.27. The summed E-state index contributed by atoms with van der Waals surface area (Å²) in [7, 11) is 0. The zero-order valence-electron chi connectivity index (χ0n) is 6.77. The Bertz CT molecular complexity index is 274. The Hall–Kier alpha value is -0.680. The number of carbonyl (C=O) groups is 1. The average molecular weight is 208 g/mol. The third-order valence-corrected chi connectivity index (χ3v) is 2.38. The highest BCUT2D eigenvalue weighted by Gasteiger charge is 2.10. The largest absolute Gasteiger partial charge is 0.363 e. The average Bonchev–Trinajstić information content (AvgIpc) is 2.33. The Balaban J connectivity index is 0.00000121. The molecule has 0 fully saturated rings. The van der Waals surface area contributed by atoms with E-state index in [0.29, 0.717) is 5.92 Å². The smallest absolute Gasteiger partial charge is 0.279 e. The van der Waals surface area contributed by atoms with Crippen molar-refractivity contribution in [3.05, 3.63) is 10.0 Å². The van der Waals surface area contributed by atoms with Gasteiger partial charge in [0.2, 0.25) is 5.01 Å². The number of hydrogen-bond donors (Lipinski definition) is 1. The maximum Gasteiger partial charge on any atom is 0.279 e. The summed E-state index contributed by atoms with van der Waals surface area (Å²) >= 11 is 1.25. The van der Waals surface area contributed by atoms with Gasteiger partial charge in [0.25, 0.3) is 5.91 Å². The highest BCUT2D eigenvalue weighted by molar-refractivity contribution is 7.13. The molecule has 0 saturated heterocycles. The van der Waals surface area contributed by atoms with E-state index >= 15 is 0 Å². The maximum absolute atomic E-state index is 10.6. The number of hydrogen-bond acceptors (Lipinski definition) is 4. The summed E-state index contributed by atoms with van der Waals surface area (Å²) in [5.41, 5.74) is 5.00. The molecule has 12 heavy (non-hydrogen) atoms. The van der Waals surface area contributed by atoms with Crippen LogP contribution in [0.25, 0.3) is 0 Å². The van der Waals surface area contributed by atoms with Crippen molar-refractivity contribution in [2.45, 2.75) is 19.8 Å². The first-order valence-corrected chi connectivity index (χ1v) is 4.06. The van der Waals surface area contributed by atoms with Crippen LogP contribution in [0, 0.1) is 0 Å². The van der Waals surface area contributed by atoms with E-state index in [0.717, 1.165) is 5.01 Å². The fourth-order valence-electron chi connectivity index (χ4n) is 0.567. The van der Waals surface area contributed by atoms with Gasteiger partial charge in [-0.3, -0.25) is 4.79 Å². The van der Waals surface area contributed by atoms with Crippen LogP contribution in [0.5, 0.6) is 0 Å². The highest BCUT2D eigenvalue weighted by atomic mass is 35.5. The minimum absolute atomic E-state index is 0. The molecule has 1 amide bonds. The molecular formula is C6H10ClN3OS. The zero-order valence-corrected chi connectivity index (χ0v) is 8.41. The van der Waals surface area contributed by atoms with Gasteiger partial charge in [0, 0.05) is 5.92 Å². The van der Waals surface area contributed by atoms with E-state index in [1.54, 1.807) is 0 Å². The molecule has 1 rings (SSSR count). The highest BCUT2D eigenvalue weighted by Crippen LogP contribution is 2.17. The second-order valence-electron chi connectivity index (χ2n) is 2.46. The summed E-state index contributed by atoms with van der Waals surface area (Å²) in [5.74, 6) is -0.199. The molecule has 0 bridgehead atoms. The van der Waals surface area contributed by atoms with Crippen molar-refractivity contribution >= 4 is 29.7 Å². The minimum Gasteiger partial charge on any atom is -0.363 e. The number of aromatic nitrogens is 2. The lowest BCUT2D eigenvalue weighted by Gasteiger charge is -1.92. The van der Waals surface area contributed by atoms with E-state index in [4.69, 9.17) is 5.73 Å². The molecule has 68 valence electrons. The molecule has 1 heterocycles. The SMILES string of the molecule is CC(C)c1nnc(C(N)=O)s1.Cl. The van der Waals surface area contributed by atoms with Gasteiger partial charge in [-0.2, -0.15) is 0 Å². The van der Waals surface area contributed by atoms with Gasteiger partial charge in [0.15, 0.2) is 0 Å². The molecule has 1 aromatic heterocycles. The molecule has 0 aromatic carbocycles. The van der Waals surface area contributed by atoms with Crippen molar-refractivity contribution < 1.29 is 4.79 Å². The molecule has 0 spiro atoms. The van der Waals surface area contributed by atoms with Gasteiger partial charge >= 0.3 is 0 Å². The van der Waals surface area contributed by atoms with E-state index in [9.17, 15) is 4.79 Å². The van der Waals surface area contributed by atoms with Crippen LogP contribution in [-0.2, 0) is 0 Å². The monoisotopic (exact) mass is 207 g/mol. The second-order valence-corrected chi connectivity index (χ2v) is 3.47. The van der Waals surface area contributed by atoms with Crippen LogP contribution in [-0.4, -0.2) is 16.1 Å². The lowest BCUT2D eigenvalue weighted by molar-refractivity contribution is 0.0999. The van der Waals surface area contributed by atoms with Gasteiger partial charge < -0.3 is 5.73 Å². The molecule has 6 heteroatoms. The van der Waals surface area contributed by atoms with E-state index in [1.807, 2.05) is 13.8 Å². The van der Waals surface area contributed by atoms with E-state index in [-0.39, 0.29) is 17.4 Å². The molecule has 0 atom stereocenters. The van der Waals surface area contributed by atoms with Gasteiger partial charge in [-0.15, -0.1) is 22.6 Å². The van der Waals surface area contributed by atoms with Crippen molar-refractivity contribution in [1.29, 1.82) is 0 Å². The summed E-state index contributed by atoms with van der Waals surface area (Å²) < 4.78 is 0. The van der Waals surface area contributed by atoms with E-state index in [1.165, 1.54) is 11.3 Å². The van der Waals surface area contributed by atoms with Crippen LogP contribution >= 0.6 is 23.7 Å². The molecule has 4 nitrogen and oxygen atoms in total. The fraction of sp³-hybridized carbons (Fsp3) is 0.500. The predicted octanol–water partition coefficient (Wildman–Crippen LogP) is 1.18. The molecule has 1 aromatic rings. The number of rotatable bonds is 2. The topological polar surface area (TPSA) is 68.9 Å².